The van der Waals surface area contributed by atoms with Gasteiger partial charge in [0.2, 0.25) is 0 Å². The first-order valence-electron chi connectivity index (χ1n) is 5.20. The van der Waals surface area contributed by atoms with E-state index in [0.717, 1.165) is 0 Å². The maximum Gasteiger partial charge on any atom is 0.147 e. The summed E-state index contributed by atoms with van der Waals surface area (Å²) in [6, 6.07) is 0. The van der Waals surface area contributed by atoms with Crippen LogP contribution in [0, 0.1) is 5.41 Å². The van der Waals surface area contributed by atoms with Gasteiger partial charge in [-0.3, -0.25) is 5.41 Å². The zero-order valence-corrected chi connectivity index (χ0v) is 9.76. The molecule has 4 N–H and O–H groups in total. The lowest BCUT2D eigenvalue weighted by Gasteiger charge is -2.21. The van der Waals surface area contributed by atoms with E-state index in [1.165, 1.54) is 12.4 Å². The minimum absolute atomic E-state index is 0.0276. The van der Waals surface area contributed by atoms with E-state index in [-0.39, 0.29) is 12.4 Å². The van der Waals surface area contributed by atoms with Gasteiger partial charge in [-0.15, -0.1) is 0 Å². The van der Waals surface area contributed by atoms with Crippen LogP contribution < -0.4 is 10.6 Å². The number of nitrogens with two attached hydrogens (primary N) is 1. The molecule has 0 amide bonds. The second kappa shape index (κ2) is 6.77. The summed E-state index contributed by atoms with van der Waals surface area (Å²) < 4.78 is 4.98. The highest BCUT2D eigenvalue weighted by Crippen LogP contribution is 2.08. The third-order valence-corrected chi connectivity index (χ3v) is 2.17. The van der Waals surface area contributed by atoms with E-state index in [1.807, 2.05) is 4.90 Å². The molecule has 0 aromatic carbocycles. The van der Waals surface area contributed by atoms with Crippen molar-refractivity contribution in [2.75, 3.05) is 38.3 Å². The Bertz CT molecular complexity index is 354. The molecule has 0 saturated carbocycles. The van der Waals surface area contributed by atoms with E-state index in [2.05, 4.69) is 9.97 Å². The highest BCUT2D eigenvalue weighted by atomic mass is 16.5. The van der Waals surface area contributed by atoms with Crippen LogP contribution in [0.25, 0.3) is 0 Å². The fourth-order valence-electron chi connectivity index (χ4n) is 1.29. The van der Waals surface area contributed by atoms with Crippen molar-refractivity contribution in [3.63, 3.8) is 0 Å². The summed E-state index contributed by atoms with van der Waals surface area (Å²) in [5, 5.41) is 16.2. The Morgan fingerprint density at radius 2 is 2.24 bits per heavy atom. The van der Waals surface area contributed by atoms with Crippen LogP contribution in [0.15, 0.2) is 12.4 Å². The normalized spacial score (nSPS) is 10.2. The molecule has 0 radical (unpaired) electrons. The van der Waals surface area contributed by atoms with E-state index < -0.39 is 0 Å². The Morgan fingerprint density at radius 1 is 1.47 bits per heavy atom. The molecule has 0 unspecified atom stereocenters. The van der Waals surface area contributed by atoms with Crippen molar-refractivity contribution in [1.82, 2.24) is 9.97 Å². The third-order valence-electron chi connectivity index (χ3n) is 2.17. The van der Waals surface area contributed by atoms with Crippen molar-refractivity contribution in [3.8, 4) is 0 Å². The molecule has 0 spiro atoms. The number of aromatic nitrogens is 2. The minimum Gasteiger partial charge on any atom is -0.395 e. The molecule has 0 aliphatic rings. The summed E-state index contributed by atoms with van der Waals surface area (Å²) in [6.07, 6.45) is 2.97. The topological polar surface area (TPSA) is 108 Å². The monoisotopic (exact) mass is 239 g/mol. The highest BCUT2D eigenvalue weighted by molar-refractivity contribution is 5.92. The van der Waals surface area contributed by atoms with Gasteiger partial charge in [0.15, 0.2) is 0 Å². The molecule has 1 aromatic rings. The standard InChI is InChI=1S/C10H17N5O2/c1-17-5-3-15(2-4-16)9-7-13-8(6-14-9)10(11)12/h6-7,16H,2-5H2,1H3,(H3,11,12). The summed E-state index contributed by atoms with van der Waals surface area (Å²) >= 11 is 0. The second-order valence-corrected chi connectivity index (χ2v) is 3.38. The molecule has 1 aromatic heterocycles. The molecule has 94 valence electrons. The Morgan fingerprint density at radius 3 is 2.71 bits per heavy atom. The number of hydrogen-bond acceptors (Lipinski definition) is 6. The van der Waals surface area contributed by atoms with Crippen LogP contribution >= 0.6 is 0 Å². The number of methoxy groups -OCH3 is 1. The molecular formula is C10H17N5O2. The quantitative estimate of drug-likeness (QED) is 0.425. The molecule has 7 heteroatoms. The van der Waals surface area contributed by atoms with Gasteiger partial charge in [0.05, 0.1) is 25.6 Å². The first kappa shape index (κ1) is 13.3. The lowest BCUT2D eigenvalue weighted by molar-refractivity contribution is 0.202. The van der Waals surface area contributed by atoms with Crippen LogP contribution in [-0.4, -0.2) is 54.3 Å². The second-order valence-electron chi connectivity index (χ2n) is 3.38. The van der Waals surface area contributed by atoms with Gasteiger partial charge in [0.1, 0.15) is 17.3 Å². The number of nitrogens with zero attached hydrogens (tertiary/aromatic N) is 3. The van der Waals surface area contributed by atoms with Gasteiger partial charge in [0.25, 0.3) is 0 Å². The van der Waals surface area contributed by atoms with Gasteiger partial charge in [-0.1, -0.05) is 0 Å². The van der Waals surface area contributed by atoms with Crippen molar-refractivity contribution in [3.05, 3.63) is 18.1 Å². The summed E-state index contributed by atoms with van der Waals surface area (Å²) in [4.78, 5) is 10.0. The lowest BCUT2D eigenvalue weighted by Crippen LogP contribution is -2.31. The van der Waals surface area contributed by atoms with Crippen molar-refractivity contribution < 1.29 is 9.84 Å². The number of aliphatic hydroxyl groups is 1. The summed E-state index contributed by atoms with van der Waals surface area (Å²) in [6.45, 7) is 1.64. The average Bonchev–Trinajstić information content (AvgIpc) is 2.34. The Balaban J connectivity index is 2.75. The van der Waals surface area contributed by atoms with Crippen molar-refractivity contribution in [1.29, 1.82) is 5.41 Å². The van der Waals surface area contributed by atoms with Gasteiger partial charge in [0, 0.05) is 20.2 Å². The summed E-state index contributed by atoms with van der Waals surface area (Å²) in [7, 11) is 1.61. The first-order valence-corrected chi connectivity index (χ1v) is 5.20. The number of ether oxygens (including phenoxy) is 1. The van der Waals surface area contributed by atoms with E-state index in [9.17, 15) is 0 Å². The van der Waals surface area contributed by atoms with E-state index in [4.69, 9.17) is 21.0 Å². The number of nitrogens with one attached hydrogen (secondary N) is 1. The molecule has 0 fully saturated rings. The molecule has 1 heterocycles. The SMILES string of the molecule is COCCN(CCO)c1cnc(C(=N)N)cn1. The third kappa shape index (κ3) is 3.97. The van der Waals surface area contributed by atoms with Crippen LogP contribution in [0.1, 0.15) is 5.69 Å². The molecule has 1 rings (SSSR count). The number of anilines is 1. The van der Waals surface area contributed by atoms with Crippen molar-refractivity contribution in [2.45, 2.75) is 0 Å². The van der Waals surface area contributed by atoms with Crippen LogP contribution in [0.5, 0.6) is 0 Å². The molecule has 17 heavy (non-hydrogen) atoms. The number of aliphatic hydroxyl groups excluding tert-OH is 1. The van der Waals surface area contributed by atoms with E-state index in [0.29, 0.717) is 31.2 Å². The predicted molar refractivity (Wildman–Crippen MR) is 64.2 cm³/mol. The van der Waals surface area contributed by atoms with Crippen LogP contribution in [0.4, 0.5) is 5.82 Å². The largest absolute Gasteiger partial charge is 0.395 e. The average molecular weight is 239 g/mol. The number of nitrogen functional groups attached to an aromatic ring is 1. The molecule has 0 bridgehead atoms. The smallest absolute Gasteiger partial charge is 0.147 e. The maximum absolute atomic E-state index is 8.96. The molecular weight excluding hydrogens is 222 g/mol. The molecule has 0 aliphatic carbocycles. The zero-order chi connectivity index (χ0) is 12.7. The van der Waals surface area contributed by atoms with Gasteiger partial charge in [-0.05, 0) is 0 Å². The number of rotatable bonds is 7. The summed E-state index contributed by atoms with van der Waals surface area (Å²) in [5.74, 6) is 0.510. The van der Waals surface area contributed by atoms with E-state index in [1.54, 1.807) is 7.11 Å². The number of hydrogen-bond donors (Lipinski definition) is 3. The Hall–Kier alpha value is -1.73. The maximum atomic E-state index is 8.96. The first-order chi connectivity index (χ1) is 8.19. The molecule has 7 nitrogen and oxygen atoms in total. The zero-order valence-electron chi connectivity index (χ0n) is 9.76. The lowest BCUT2D eigenvalue weighted by atomic mass is 10.4. The van der Waals surface area contributed by atoms with Crippen LogP contribution in [0.3, 0.4) is 0 Å². The fourth-order valence-corrected chi connectivity index (χ4v) is 1.29. The number of amidine groups is 1. The minimum atomic E-state index is -0.116. The van der Waals surface area contributed by atoms with E-state index >= 15 is 0 Å². The highest BCUT2D eigenvalue weighted by Gasteiger charge is 2.08. The fraction of sp³-hybridized carbons (Fsp3) is 0.500. The van der Waals surface area contributed by atoms with Gasteiger partial charge < -0.3 is 20.5 Å². The van der Waals surface area contributed by atoms with Crippen LogP contribution in [0.2, 0.25) is 0 Å². The van der Waals surface area contributed by atoms with Crippen molar-refractivity contribution >= 4 is 11.7 Å². The Labute approximate surface area is 99.8 Å². The van der Waals surface area contributed by atoms with Crippen LogP contribution in [-0.2, 0) is 4.74 Å². The molecule has 0 saturated heterocycles. The predicted octanol–water partition coefficient (Wildman–Crippen LogP) is -0.794. The molecule has 0 atom stereocenters. The summed E-state index contributed by atoms with van der Waals surface area (Å²) in [5.41, 5.74) is 5.62. The Kier molecular flexibility index (Phi) is 5.31. The van der Waals surface area contributed by atoms with Gasteiger partial charge in [-0.2, -0.15) is 0 Å². The molecule has 0 aliphatic heterocycles. The van der Waals surface area contributed by atoms with Crippen molar-refractivity contribution in [2.24, 2.45) is 5.73 Å². The van der Waals surface area contributed by atoms with Gasteiger partial charge >= 0.3 is 0 Å². The van der Waals surface area contributed by atoms with Gasteiger partial charge in [-0.25, -0.2) is 9.97 Å².